The minimum absolute atomic E-state index is 0.168. The highest BCUT2D eigenvalue weighted by atomic mass is 19.1. The Labute approximate surface area is 174 Å². The number of nitrogens with zero attached hydrogens (tertiary/aromatic N) is 2. The number of rotatable bonds is 7. The molecule has 0 radical (unpaired) electrons. The van der Waals surface area contributed by atoms with Crippen LogP contribution in [0.5, 0.6) is 0 Å². The van der Waals surface area contributed by atoms with E-state index in [2.05, 4.69) is 4.98 Å². The zero-order valence-electron chi connectivity index (χ0n) is 16.8. The molecule has 6 heteroatoms. The van der Waals surface area contributed by atoms with Gasteiger partial charge in [0.2, 0.25) is 0 Å². The third kappa shape index (κ3) is 4.50. The lowest BCUT2D eigenvalue weighted by molar-refractivity contribution is 0.108. The van der Waals surface area contributed by atoms with Crippen molar-refractivity contribution in [2.24, 2.45) is 0 Å². The van der Waals surface area contributed by atoms with E-state index in [1.54, 1.807) is 18.3 Å². The normalized spacial score (nSPS) is 12.5. The molecule has 1 atom stereocenters. The topological polar surface area (TPSA) is 61.3 Å². The van der Waals surface area contributed by atoms with E-state index in [0.29, 0.717) is 25.2 Å². The molecule has 2 N–H and O–H groups in total. The lowest BCUT2D eigenvalue weighted by Crippen LogP contribution is -2.33. The Morgan fingerprint density at radius 1 is 1.10 bits per heavy atom. The van der Waals surface area contributed by atoms with Crippen LogP contribution in [0.2, 0.25) is 0 Å². The summed E-state index contributed by atoms with van der Waals surface area (Å²) in [5, 5.41) is 11.7. The first-order chi connectivity index (χ1) is 14.5. The molecule has 0 bridgehead atoms. The predicted octanol–water partition coefficient (Wildman–Crippen LogP) is 3.63. The number of aromatic nitrogens is 2. The van der Waals surface area contributed by atoms with Gasteiger partial charge in [-0.05, 0) is 53.9 Å². The quantitative estimate of drug-likeness (QED) is 0.494. The van der Waals surface area contributed by atoms with E-state index < -0.39 is 6.10 Å². The van der Waals surface area contributed by atoms with Crippen LogP contribution in [0.4, 0.5) is 4.39 Å². The van der Waals surface area contributed by atoms with Crippen LogP contribution >= 0.6 is 0 Å². The first-order valence-corrected chi connectivity index (χ1v) is 9.87. The van der Waals surface area contributed by atoms with Crippen molar-refractivity contribution >= 4 is 10.9 Å². The Bertz CT molecular complexity index is 1200. The maximum atomic E-state index is 13.2. The second kappa shape index (κ2) is 8.65. The van der Waals surface area contributed by atoms with Crippen molar-refractivity contribution in [3.8, 4) is 11.1 Å². The molecule has 0 saturated carbocycles. The summed E-state index contributed by atoms with van der Waals surface area (Å²) in [6, 6.07) is 18.1. The molecule has 0 fully saturated rings. The minimum atomic E-state index is -0.579. The fourth-order valence-electron chi connectivity index (χ4n) is 3.76. The van der Waals surface area contributed by atoms with E-state index in [1.807, 2.05) is 59.1 Å². The van der Waals surface area contributed by atoms with Crippen molar-refractivity contribution in [1.82, 2.24) is 14.5 Å². The highest BCUT2D eigenvalue weighted by molar-refractivity contribution is 5.79. The average molecular weight is 405 g/mol. The van der Waals surface area contributed by atoms with Crippen LogP contribution in [-0.4, -0.2) is 39.3 Å². The monoisotopic (exact) mass is 405 g/mol. The summed E-state index contributed by atoms with van der Waals surface area (Å²) in [5.41, 5.74) is 3.16. The van der Waals surface area contributed by atoms with Gasteiger partial charge in [0.1, 0.15) is 5.82 Å². The Balaban J connectivity index is 1.43. The zero-order valence-corrected chi connectivity index (χ0v) is 16.8. The molecule has 4 aromatic rings. The van der Waals surface area contributed by atoms with Gasteiger partial charge in [0.05, 0.1) is 6.10 Å². The summed E-state index contributed by atoms with van der Waals surface area (Å²) in [6.07, 6.45) is 3.03. The number of aliphatic hydroxyl groups is 1. The number of pyridine rings is 1. The fraction of sp³-hybridized carbons (Fsp3) is 0.208. The van der Waals surface area contributed by atoms with Crippen molar-refractivity contribution in [2.45, 2.75) is 19.2 Å². The van der Waals surface area contributed by atoms with E-state index in [9.17, 15) is 14.3 Å². The molecule has 154 valence electrons. The molecule has 2 heterocycles. The molecule has 4 rings (SSSR count). The predicted molar refractivity (Wildman–Crippen MR) is 117 cm³/mol. The van der Waals surface area contributed by atoms with Crippen molar-refractivity contribution in [3.05, 3.63) is 94.8 Å². The second-order valence-corrected chi connectivity index (χ2v) is 7.63. The van der Waals surface area contributed by atoms with Gasteiger partial charge in [-0.15, -0.1) is 0 Å². The Kier molecular flexibility index (Phi) is 5.79. The summed E-state index contributed by atoms with van der Waals surface area (Å²) in [6.45, 7) is 1.30. The number of aliphatic hydroxyl groups excluding tert-OH is 1. The number of hydrogen-bond acceptors (Lipinski definition) is 3. The van der Waals surface area contributed by atoms with Crippen LogP contribution in [0, 0.1) is 5.82 Å². The highest BCUT2D eigenvalue weighted by Crippen LogP contribution is 2.19. The number of fused-ring (bicyclic) bond motifs is 1. The maximum Gasteiger partial charge on any atom is 0.252 e. The molecule has 2 aromatic heterocycles. The smallest absolute Gasteiger partial charge is 0.252 e. The zero-order chi connectivity index (χ0) is 21.1. The van der Waals surface area contributed by atoms with Gasteiger partial charge in [0.15, 0.2) is 0 Å². The van der Waals surface area contributed by atoms with Gasteiger partial charge in [0.25, 0.3) is 5.56 Å². The van der Waals surface area contributed by atoms with Crippen LogP contribution in [0.3, 0.4) is 0 Å². The number of para-hydroxylation sites is 1. The highest BCUT2D eigenvalue weighted by Gasteiger charge is 2.13. The fourth-order valence-corrected chi connectivity index (χ4v) is 3.76. The van der Waals surface area contributed by atoms with E-state index in [-0.39, 0.29) is 11.4 Å². The SMILES string of the molecule is CN(Cc1cc(-c2ccc(F)cc2)c[nH]c1=O)CC(O)Cn1ccc2ccccc21. The molecule has 5 nitrogen and oxygen atoms in total. The third-order valence-electron chi connectivity index (χ3n) is 5.21. The number of nitrogens with one attached hydrogen (secondary N) is 1. The first kappa shape index (κ1) is 20.1. The van der Waals surface area contributed by atoms with Gasteiger partial charge in [-0.1, -0.05) is 30.3 Å². The minimum Gasteiger partial charge on any atom is -0.390 e. The number of H-pyrrole nitrogens is 1. The molecular formula is C24H24FN3O2. The third-order valence-corrected chi connectivity index (χ3v) is 5.21. The van der Waals surface area contributed by atoms with Gasteiger partial charge in [-0.3, -0.25) is 9.69 Å². The van der Waals surface area contributed by atoms with Crippen molar-refractivity contribution < 1.29 is 9.50 Å². The second-order valence-electron chi connectivity index (χ2n) is 7.63. The molecule has 0 spiro atoms. The van der Waals surface area contributed by atoms with Gasteiger partial charge >= 0.3 is 0 Å². The largest absolute Gasteiger partial charge is 0.390 e. The van der Waals surface area contributed by atoms with E-state index >= 15 is 0 Å². The summed E-state index contributed by atoms with van der Waals surface area (Å²) < 4.78 is 15.2. The average Bonchev–Trinajstić information content (AvgIpc) is 3.13. The Morgan fingerprint density at radius 2 is 1.87 bits per heavy atom. The maximum absolute atomic E-state index is 13.2. The molecule has 0 saturated heterocycles. The molecule has 30 heavy (non-hydrogen) atoms. The Morgan fingerprint density at radius 3 is 2.67 bits per heavy atom. The van der Waals surface area contributed by atoms with Crippen LogP contribution in [0.25, 0.3) is 22.0 Å². The molecule has 0 aliphatic heterocycles. The van der Waals surface area contributed by atoms with E-state index in [4.69, 9.17) is 0 Å². The van der Waals surface area contributed by atoms with Gasteiger partial charge in [-0.2, -0.15) is 0 Å². The molecular weight excluding hydrogens is 381 g/mol. The number of hydrogen-bond donors (Lipinski definition) is 2. The van der Waals surface area contributed by atoms with Gasteiger partial charge < -0.3 is 14.7 Å². The summed E-state index contributed by atoms with van der Waals surface area (Å²) >= 11 is 0. The van der Waals surface area contributed by atoms with Gasteiger partial charge in [0, 0.05) is 43.1 Å². The van der Waals surface area contributed by atoms with E-state index in [0.717, 1.165) is 22.0 Å². The van der Waals surface area contributed by atoms with E-state index in [1.165, 1.54) is 12.1 Å². The van der Waals surface area contributed by atoms with Crippen LogP contribution in [0.1, 0.15) is 5.56 Å². The number of aromatic amines is 1. The summed E-state index contributed by atoms with van der Waals surface area (Å²) in [5.74, 6) is -0.299. The lowest BCUT2D eigenvalue weighted by Gasteiger charge is -2.21. The molecule has 0 aliphatic carbocycles. The van der Waals surface area contributed by atoms with Crippen molar-refractivity contribution in [3.63, 3.8) is 0 Å². The van der Waals surface area contributed by atoms with Crippen molar-refractivity contribution in [2.75, 3.05) is 13.6 Å². The van der Waals surface area contributed by atoms with Crippen molar-refractivity contribution in [1.29, 1.82) is 0 Å². The lowest BCUT2D eigenvalue weighted by atomic mass is 10.1. The molecule has 1 unspecified atom stereocenters. The van der Waals surface area contributed by atoms with Gasteiger partial charge in [-0.25, -0.2) is 4.39 Å². The first-order valence-electron chi connectivity index (χ1n) is 9.87. The van der Waals surface area contributed by atoms with Crippen LogP contribution in [0.15, 0.2) is 77.9 Å². The van der Waals surface area contributed by atoms with Crippen LogP contribution in [-0.2, 0) is 13.1 Å². The molecule has 0 amide bonds. The number of likely N-dealkylation sites (N-methyl/N-ethyl adjacent to an activating group) is 1. The van der Waals surface area contributed by atoms with Crippen LogP contribution < -0.4 is 5.56 Å². The number of halogens is 1. The number of benzene rings is 2. The molecule has 0 aliphatic rings. The molecule has 2 aromatic carbocycles. The summed E-state index contributed by atoms with van der Waals surface area (Å²) in [7, 11) is 1.88. The standard InChI is InChI=1S/C24H24FN3O2/c1-27(15-22(29)16-28-11-10-18-4-2-3-5-23(18)28)14-20-12-19(13-26-24(20)30)17-6-8-21(25)9-7-17/h2-13,22,29H,14-16H2,1H3,(H,26,30). The Hall–Kier alpha value is -3.22. The summed E-state index contributed by atoms with van der Waals surface area (Å²) in [4.78, 5) is 17.0.